The Hall–Kier alpha value is -2.62. The summed E-state index contributed by atoms with van der Waals surface area (Å²) in [5.41, 5.74) is 2.11. The molecule has 0 aliphatic rings. The van der Waals surface area contributed by atoms with Crippen molar-refractivity contribution < 1.29 is 14.3 Å². The van der Waals surface area contributed by atoms with Gasteiger partial charge in [-0.1, -0.05) is 60.7 Å². The second kappa shape index (κ2) is 8.73. The van der Waals surface area contributed by atoms with Crippen LogP contribution >= 0.6 is 0 Å². The zero-order valence-corrected chi connectivity index (χ0v) is 13.3. The number of rotatable bonds is 6. The molecular formula is C19H21NO3. The Bertz CT molecular complexity index is 626. The Morgan fingerprint density at radius 3 is 2.04 bits per heavy atom. The smallest absolute Gasteiger partial charge is 0.397 e. The largest absolute Gasteiger partial charge is 0.459 e. The average Bonchev–Trinajstić information content (AvgIpc) is 2.60. The molecule has 2 aromatic carbocycles. The first-order valence-electron chi connectivity index (χ1n) is 7.74. The van der Waals surface area contributed by atoms with E-state index < -0.39 is 11.9 Å². The van der Waals surface area contributed by atoms with Crippen LogP contribution in [0.1, 0.15) is 18.1 Å². The molecule has 0 bridgehead atoms. The predicted molar refractivity (Wildman–Crippen MR) is 88.6 cm³/mol. The molecule has 0 aliphatic heterocycles. The number of nitrogens with zero attached hydrogens (tertiary/aromatic N) is 1. The summed E-state index contributed by atoms with van der Waals surface area (Å²) in [6.45, 7) is 2.75. The van der Waals surface area contributed by atoms with Crippen LogP contribution in [-0.4, -0.2) is 29.9 Å². The summed E-state index contributed by atoms with van der Waals surface area (Å²) < 4.78 is 4.84. The van der Waals surface area contributed by atoms with Crippen molar-refractivity contribution in [1.29, 1.82) is 0 Å². The molecule has 0 heterocycles. The Morgan fingerprint density at radius 2 is 1.48 bits per heavy atom. The van der Waals surface area contributed by atoms with E-state index in [2.05, 4.69) is 0 Å². The summed E-state index contributed by atoms with van der Waals surface area (Å²) >= 11 is 0. The molecule has 120 valence electrons. The second-order valence-electron chi connectivity index (χ2n) is 5.17. The van der Waals surface area contributed by atoms with Crippen molar-refractivity contribution in [1.82, 2.24) is 4.90 Å². The molecule has 0 fully saturated rings. The fourth-order valence-electron chi connectivity index (χ4n) is 2.29. The Balaban J connectivity index is 2.07. The maximum Gasteiger partial charge on any atom is 0.397 e. The molecule has 1 amide bonds. The summed E-state index contributed by atoms with van der Waals surface area (Å²) in [5, 5.41) is 0. The molecular weight excluding hydrogens is 290 g/mol. The summed E-state index contributed by atoms with van der Waals surface area (Å²) in [5.74, 6) is -1.39. The van der Waals surface area contributed by atoms with Crippen LogP contribution in [0.15, 0.2) is 60.7 Å². The third-order valence-electron chi connectivity index (χ3n) is 3.47. The van der Waals surface area contributed by atoms with Gasteiger partial charge in [-0.25, -0.2) is 4.79 Å². The second-order valence-corrected chi connectivity index (χ2v) is 5.17. The topological polar surface area (TPSA) is 46.6 Å². The predicted octanol–water partition coefficient (Wildman–Crippen LogP) is 2.82. The van der Waals surface area contributed by atoms with Gasteiger partial charge < -0.3 is 9.64 Å². The lowest BCUT2D eigenvalue weighted by Crippen LogP contribution is -2.38. The van der Waals surface area contributed by atoms with Crippen LogP contribution in [0.2, 0.25) is 0 Å². The van der Waals surface area contributed by atoms with Crippen LogP contribution < -0.4 is 0 Å². The highest BCUT2D eigenvalue weighted by Crippen LogP contribution is 2.08. The van der Waals surface area contributed by atoms with Gasteiger partial charge in [-0.05, 0) is 24.5 Å². The van der Waals surface area contributed by atoms with Gasteiger partial charge in [0.1, 0.15) is 0 Å². The Labute approximate surface area is 136 Å². The Morgan fingerprint density at radius 1 is 0.913 bits per heavy atom. The lowest BCUT2D eigenvalue weighted by atomic mass is 10.1. The van der Waals surface area contributed by atoms with E-state index in [9.17, 15) is 9.59 Å². The van der Waals surface area contributed by atoms with Crippen LogP contribution in [0.4, 0.5) is 0 Å². The summed E-state index contributed by atoms with van der Waals surface area (Å²) in [6, 6.07) is 19.5. The number of hydrogen-bond acceptors (Lipinski definition) is 3. The molecule has 4 heteroatoms. The SMILES string of the molecule is CCOC(=O)C(=O)N(CCc1ccccc1)Cc1ccccc1. The van der Waals surface area contributed by atoms with Gasteiger partial charge in [-0.15, -0.1) is 0 Å². The molecule has 0 atom stereocenters. The summed E-state index contributed by atoms with van der Waals surface area (Å²) in [7, 11) is 0. The molecule has 0 aromatic heterocycles. The van der Waals surface area contributed by atoms with E-state index in [0.29, 0.717) is 19.5 Å². The van der Waals surface area contributed by atoms with Gasteiger partial charge in [0.25, 0.3) is 0 Å². The molecule has 0 N–H and O–H groups in total. The number of hydrogen-bond donors (Lipinski definition) is 0. The van der Waals surface area contributed by atoms with Crippen LogP contribution in [-0.2, 0) is 27.3 Å². The fourth-order valence-corrected chi connectivity index (χ4v) is 2.29. The van der Waals surface area contributed by atoms with Crippen molar-refractivity contribution >= 4 is 11.9 Å². The molecule has 0 aliphatic carbocycles. The summed E-state index contributed by atoms with van der Waals surface area (Å²) in [6.07, 6.45) is 0.693. The number of ether oxygens (including phenoxy) is 1. The molecule has 0 spiro atoms. The van der Waals surface area contributed by atoms with E-state index in [0.717, 1.165) is 11.1 Å². The zero-order chi connectivity index (χ0) is 16.5. The first-order chi connectivity index (χ1) is 11.2. The number of carbonyl (C=O) groups excluding carboxylic acids is 2. The van der Waals surface area contributed by atoms with Crippen molar-refractivity contribution in [3.05, 3.63) is 71.8 Å². The average molecular weight is 311 g/mol. The van der Waals surface area contributed by atoms with E-state index in [1.165, 1.54) is 0 Å². The molecule has 2 rings (SSSR count). The minimum atomic E-state index is -0.795. The van der Waals surface area contributed by atoms with E-state index in [-0.39, 0.29) is 6.61 Å². The van der Waals surface area contributed by atoms with Gasteiger partial charge in [0.2, 0.25) is 0 Å². The van der Waals surface area contributed by atoms with Gasteiger partial charge in [-0.2, -0.15) is 0 Å². The van der Waals surface area contributed by atoms with E-state index in [1.807, 2.05) is 60.7 Å². The van der Waals surface area contributed by atoms with Crippen molar-refractivity contribution in [2.24, 2.45) is 0 Å². The maximum absolute atomic E-state index is 12.3. The van der Waals surface area contributed by atoms with Crippen LogP contribution in [0.5, 0.6) is 0 Å². The zero-order valence-electron chi connectivity index (χ0n) is 13.3. The van der Waals surface area contributed by atoms with Crippen LogP contribution in [0.25, 0.3) is 0 Å². The number of amides is 1. The quantitative estimate of drug-likeness (QED) is 0.609. The van der Waals surface area contributed by atoms with E-state index in [1.54, 1.807) is 11.8 Å². The highest BCUT2D eigenvalue weighted by atomic mass is 16.5. The lowest BCUT2D eigenvalue weighted by molar-refractivity contribution is -0.160. The Kier molecular flexibility index (Phi) is 6.36. The van der Waals surface area contributed by atoms with Crippen LogP contribution in [0.3, 0.4) is 0 Å². The minimum Gasteiger partial charge on any atom is -0.459 e. The minimum absolute atomic E-state index is 0.197. The molecule has 0 saturated heterocycles. The van der Waals surface area contributed by atoms with Gasteiger partial charge >= 0.3 is 11.9 Å². The van der Waals surface area contributed by atoms with Crippen molar-refractivity contribution in [3.8, 4) is 0 Å². The lowest BCUT2D eigenvalue weighted by Gasteiger charge is -2.22. The van der Waals surface area contributed by atoms with E-state index in [4.69, 9.17) is 4.74 Å². The van der Waals surface area contributed by atoms with Gasteiger partial charge in [0.05, 0.1) is 6.61 Å². The third-order valence-corrected chi connectivity index (χ3v) is 3.47. The standard InChI is InChI=1S/C19H21NO3/c1-2-23-19(22)18(21)20(15-17-11-7-4-8-12-17)14-13-16-9-5-3-6-10-16/h3-12H,2,13-15H2,1H3. The summed E-state index contributed by atoms with van der Waals surface area (Å²) in [4.78, 5) is 25.6. The van der Waals surface area contributed by atoms with Gasteiger partial charge in [0.15, 0.2) is 0 Å². The molecule has 0 radical (unpaired) electrons. The highest BCUT2D eigenvalue weighted by Gasteiger charge is 2.23. The number of carbonyl (C=O) groups is 2. The van der Waals surface area contributed by atoms with Crippen molar-refractivity contribution in [3.63, 3.8) is 0 Å². The normalized spacial score (nSPS) is 10.1. The monoisotopic (exact) mass is 311 g/mol. The first kappa shape index (κ1) is 16.7. The molecule has 23 heavy (non-hydrogen) atoms. The third kappa shape index (κ3) is 5.25. The van der Waals surface area contributed by atoms with E-state index >= 15 is 0 Å². The molecule has 4 nitrogen and oxygen atoms in total. The number of benzene rings is 2. The molecule has 2 aromatic rings. The number of esters is 1. The van der Waals surface area contributed by atoms with Gasteiger partial charge in [-0.3, -0.25) is 4.79 Å². The van der Waals surface area contributed by atoms with Gasteiger partial charge in [0, 0.05) is 13.1 Å². The molecule has 0 unspecified atom stereocenters. The van der Waals surface area contributed by atoms with Crippen LogP contribution in [0, 0.1) is 0 Å². The van der Waals surface area contributed by atoms with Crippen molar-refractivity contribution in [2.45, 2.75) is 19.9 Å². The highest BCUT2D eigenvalue weighted by molar-refractivity contribution is 6.32. The van der Waals surface area contributed by atoms with Crippen molar-refractivity contribution in [2.75, 3.05) is 13.2 Å². The molecule has 0 saturated carbocycles. The maximum atomic E-state index is 12.3. The first-order valence-corrected chi connectivity index (χ1v) is 7.74. The fraction of sp³-hybridized carbons (Fsp3) is 0.263.